The third kappa shape index (κ3) is 9.27. The van der Waals surface area contributed by atoms with Crippen LogP contribution in [0.4, 0.5) is 0 Å². The predicted molar refractivity (Wildman–Crippen MR) is 189 cm³/mol. The minimum absolute atomic E-state index is 0.215. The summed E-state index contributed by atoms with van der Waals surface area (Å²) in [6, 6.07) is 26.8. The number of ether oxygens (including phenoxy) is 6. The molecule has 6 rings (SSSR count). The molecule has 2 aliphatic rings. The van der Waals surface area contributed by atoms with Crippen molar-refractivity contribution in [2.75, 3.05) is 72.6 Å². The zero-order valence-electron chi connectivity index (χ0n) is 29.5. The van der Waals surface area contributed by atoms with Crippen molar-refractivity contribution in [2.24, 2.45) is 0 Å². The highest BCUT2D eigenvalue weighted by Gasteiger charge is 2.53. The minimum Gasteiger partial charge on any atom is -0.487 e. The van der Waals surface area contributed by atoms with Gasteiger partial charge in [0.15, 0.2) is 42.8 Å². The Bertz CT molecular complexity index is 1570. The first-order chi connectivity index (χ1) is 24.8. The summed E-state index contributed by atoms with van der Waals surface area (Å²) in [6.07, 6.45) is 9.95. The summed E-state index contributed by atoms with van der Waals surface area (Å²) in [6.45, 7) is 9.89. The van der Waals surface area contributed by atoms with Gasteiger partial charge in [-0.05, 0) is 65.0 Å². The second-order valence-corrected chi connectivity index (χ2v) is 12.9. The molecule has 0 bridgehead atoms. The van der Waals surface area contributed by atoms with Crippen LogP contribution in [0.5, 0.6) is 11.5 Å². The summed E-state index contributed by atoms with van der Waals surface area (Å²) < 4.78 is 39.9. The van der Waals surface area contributed by atoms with Crippen LogP contribution >= 0.6 is 0 Å². The molecule has 4 unspecified atom stereocenters. The molecule has 266 valence electrons. The fraction of sp³-hybridized carbons (Fsp3) is 0.463. The average Bonchev–Trinajstić information content (AvgIpc) is 3.15. The Balaban J connectivity index is 1.35. The lowest BCUT2D eigenvalue weighted by Gasteiger charge is -2.53. The third-order valence-electron chi connectivity index (χ3n) is 9.81. The summed E-state index contributed by atoms with van der Waals surface area (Å²) in [5.41, 5.74) is 9.32. The molecule has 0 spiro atoms. The van der Waals surface area contributed by atoms with E-state index in [0.29, 0.717) is 77.7 Å². The Morgan fingerprint density at radius 2 is 0.980 bits per heavy atom. The van der Waals surface area contributed by atoms with Crippen molar-refractivity contribution in [3.05, 3.63) is 120 Å². The Morgan fingerprint density at radius 1 is 0.520 bits per heavy atom. The minimum atomic E-state index is 0.215. The lowest BCUT2D eigenvalue weighted by atomic mass is 9.49. The highest BCUT2D eigenvalue weighted by Crippen LogP contribution is 2.66. The third-order valence-corrected chi connectivity index (χ3v) is 9.81. The first-order valence-corrected chi connectivity index (χ1v) is 18.3. The normalized spacial score (nSPS) is 22.5. The summed E-state index contributed by atoms with van der Waals surface area (Å²) in [7, 11) is 0. The first kappa shape index (κ1) is 35.9. The summed E-state index contributed by atoms with van der Waals surface area (Å²) in [5, 5.41) is 0. The molecule has 3 N–H and O–H groups in total. The van der Waals surface area contributed by atoms with Crippen LogP contribution in [-0.4, -0.2) is 72.6 Å². The highest BCUT2D eigenvalue weighted by atomic mass is 16.6. The fourth-order valence-electron chi connectivity index (χ4n) is 7.27. The monoisotopic (exact) mass is 684 g/mol. The molecule has 1 aliphatic heterocycles. The summed E-state index contributed by atoms with van der Waals surface area (Å²) in [4.78, 5) is 0. The van der Waals surface area contributed by atoms with Crippen molar-refractivity contribution in [3.63, 3.8) is 0 Å². The average molecular weight is 685 g/mol. The maximum atomic E-state index is 6.41. The van der Waals surface area contributed by atoms with Crippen molar-refractivity contribution in [1.82, 2.24) is 0 Å². The van der Waals surface area contributed by atoms with Gasteiger partial charge in [-0.15, -0.1) is 0 Å². The molecule has 4 atom stereocenters. The van der Waals surface area contributed by atoms with Crippen LogP contribution in [0.2, 0.25) is 0 Å². The molecular weight excluding hydrogens is 630 g/mol. The summed E-state index contributed by atoms with van der Waals surface area (Å²) >= 11 is 0. The standard InChI is InChI=1S/C41H53N3O6/c1-2-43-17-11-33(12-18-43)39-38(32-7-4-3-5-8-32)40(34-13-19-44(20-14-34)16-6-15-42)41(39)35-9-10-36-37(31-35)50-30-28-48-26-24-46-22-21-45-23-25-47-27-29-49-36/h3-5,7-14,17-20,31,38-41H,2,6,15-16,21-30,42H2,1H3/q+2/p+1. The molecule has 4 aromatic rings. The Hall–Kier alpha value is -3.86. The zero-order valence-corrected chi connectivity index (χ0v) is 29.5. The lowest BCUT2D eigenvalue weighted by molar-refractivity contribution is -0.699. The van der Waals surface area contributed by atoms with Crippen LogP contribution < -0.4 is 24.3 Å². The van der Waals surface area contributed by atoms with Crippen LogP contribution in [0.25, 0.3) is 0 Å². The molecule has 2 aromatic carbocycles. The molecule has 1 aliphatic carbocycles. The predicted octanol–water partition coefficient (Wildman–Crippen LogP) is 4.20. The molecule has 0 amide bonds. The van der Waals surface area contributed by atoms with Gasteiger partial charge in [-0.3, -0.25) is 0 Å². The number of benzene rings is 2. The van der Waals surface area contributed by atoms with Crippen LogP contribution in [0.3, 0.4) is 0 Å². The van der Waals surface area contributed by atoms with Gasteiger partial charge in [0.05, 0.1) is 65.8 Å². The molecule has 1 fully saturated rings. The molecule has 0 radical (unpaired) electrons. The van der Waals surface area contributed by atoms with Gasteiger partial charge in [0, 0.05) is 24.3 Å². The quantitative estimate of drug-likeness (QED) is 0.280. The second kappa shape index (κ2) is 18.9. The maximum Gasteiger partial charge on any atom is 0.169 e. The molecule has 3 heterocycles. The molecule has 50 heavy (non-hydrogen) atoms. The van der Waals surface area contributed by atoms with E-state index in [-0.39, 0.29) is 17.8 Å². The van der Waals surface area contributed by atoms with Gasteiger partial charge in [-0.1, -0.05) is 36.4 Å². The first-order valence-electron chi connectivity index (χ1n) is 18.3. The van der Waals surface area contributed by atoms with Gasteiger partial charge in [0.25, 0.3) is 0 Å². The largest absolute Gasteiger partial charge is 0.487 e. The van der Waals surface area contributed by atoms with E-state index in [1.165, 1.54) is 22.3 Å². The Morgan fingerprint density at radius 3 is 1.50 bits per heavy atom. The van der Waals surface area contributed by atoms with E-state index in [1.807, 2.05) is 0 Å². The number of hydrogen-bond acceptors (Lipinski definition) is 6. The van der Waals surface area contributed by atoms with E-state index in [0.717, 1.165) is 31.8 Å². The topological polar surface area (TPSA) is 90.8 Å². The van der Waals surface area contributed by atoms with E-state index in [4.69, 9.17) is 28.4 Å². The van der Waals surface area contributed by atoms with Crippen LogP contribution in [0.15, 0.2) is 97.6 Å². The van der Waals surface area contributed by atoms with Crippen LogP contribution in [0, 0.1) is 0 Å². The molecule has 9 heteroatoms. The van der Waals surface area contributed by atoms with Gasteiger partial charge in [0.2, 0.25) is 0 Å². The van der Waals surface area contributed by atoms with Gasteiger partial charge in [0.1, 0.15) is 19.8 Å². The number of aryl methyl sites for hydroxylation is 2. The van der Waals surface area contributed by atoms with Gasteiger partial charge < -0.3 is 34.2 Å². The van der Waals surface area contributed by atoms with E-state index in [1.54, 1.807) is 0 Å². The van der Waals surface area contributed by atoms with Crippen molar-refractivity contribution < 1.29 is 43.3 Å². The number of rotatable bonds is 8. The molecule has 9 nitrogen and oxygen atoms in total. The number of fused-ring (bicyclic) bond motifs is 1. The van der Waals surface area contributed by atoms with Crippen LogP contribution in [0.1, 0.15) is 59.3 Å². The number of aromatic nitrogens is 2. The van der Waals surface area contributed by atoms with Gasteiger partial charge >= 0.3 is 0 Å². The Kier molecular flexibility index (Phi) is 13.6. The number of pyridine rings is 2. The van der Waals surface area contributed by atoms with Crippen molar-refractivity contribution in [1.29, 1.82) is 0 Å². The van der Waals surface area contributed by atoms with E-state index in [2.05, 4.69) is 119 Å². The smallest absolute Gasteiger partial charge is 0.169 e. The summed E-state index contributed by atoms with van der Waals surface area (Å²) in [5.74, 6) is 2.48. The van der Waals surface area contributed by atoms with E-state index in [9.17, 15) is 0 Å². The van der Waals surface area contributed by atoms with Crippen LogP contribution in [-0.2, 0) is 32.0 Å². The van der Waals surface area contributed by atoms with Gasteiger partial charge in [-0.25, -0.2) is 9.13 Å². The number of hydrogen-bond donors (Lipinski definition) is 1. The van der Waals surface area contributed by atoms with E-state index < -0.39 is 0 Å². The molecule has 1 saturated carbocycles. The second-order valence-electron chi connectivity index (χ2n) is 12.9. The Labute approximate surface area is 296 Å². The molecule has 0 saturated heterocycles. The lowest BCUT2D eigenvalue weighted by Crippen LogP contribution is -2.51. The maximum absolute atomic E-state index is 6.41. The van der Waals surface area contributed by atoms with Crippen molar-refractivity contribution in [2.45, 2.75) is 50.1 Å². The number of quaternary nitrogens is 1. The van der Waals surface area contributed by atoms with Crippen molar-refractivity contribution in [3.8, 4) is 11.5 Å². The van der Waals surface area contributed by atoms with Crippen molar-refractivity contribution >= 4 is 0 Å². The van der Waals surface area contributed by atoms with Gasteiger partial charge in [-0.2, -0.15) is 0 Å². The SMILES string of the molecule is CC[n+]1ccc(C2C(c3ccccc3)C(c3cc[n+](CCC[NH3+])cc3)C2c2ccc3c(c2)OCCOCCOCCOCCOCCO3)cc1. The molecule has 2 aromatic heterocycles. The highest BCUT2D eigenvalue weighted by molar-refractivity contribution is 5.51. The number of nitrogens with zero attached hydrogens (tertiary/aromatic N) is 2. The zero-order chi connectivity index (χ0) is 34.4. The molecular formula is C41H54N3O6+3. The fourth-order valence-corrected chi connectivity index (χ4v) is 7.27. The van der Waals surface area contributed by atoms with E-state index >= 15 is 0 Å².